The van der Waals surface area contributed by atoms with Crippen LogP contribution in [0.25, 0.3) is 0 Å². The van der Waals surface area contributed by atoms with E-state index in [9.17, 15) is 14.4 Å². The number of nitrogens with zero attached hydrogens (tertiary/aromatic N) is 1. The number of nitrogens with one attached hydrogen (secondary N) is 1. The summed E-state index contributed by atoms with van der Waals surface area (Å²) in [5, 5.41) is -0.00154. The molecule has 2 fully saturated rings. The van der Waals surface area contributed by atoms with E-state index < -0.39 is 55.7 Å². The summed E-state index contributed by atoms with van der Waals surface area (Å²) in [4.78, 5) is 38.8. The van der Waals surface area contributed by atoms with Crippen LogP contribution in [0, 0.1) is 0 Å². The van der Waals surface area contributed by atoms with Crippen LogP contribution in [0.1, 0.15) is 40.8 Å². The van der Waals surface area contributed by atoms with Crippen molar-refractivity contribution in [2.24, 2.45) is 0 Å². The number of carbonyl (C=O) groups excluding carboxylic acids is 1. The topological polar surface area (TPSA) is 109 Å². The number of ether oxygens (including phenoxy) is 3. The van der Waals surface area contributed by atoms with Crippen LogP contribution in [0.2, 0.25) is 18.1 Å². The molecule has 1 N–H and O–H groups in total. The minimum atomic E-state index is -2.08. The first kappa shape index (κ1) is 22.1. The number of aromatic amines is 1. The molecule has 3 heterocycles. The molecule has 1 aromatic heterocycles. The van der Waals surface area contributed by atoms with E-state index in [2.05, 4.69) is 38.8 Å². The molecule has 0 unspecified atom stereocenters. The zero-order valence-electron chi connectivity index (χ0n) is 18.0. The number of hydrogen-bond acceptors (Lipinski definition) is 7. The fourth-order valence-electron chi connectivity index (χ4n) is 3.19. The lowest BCUT2D eigenvalue weighted by molar-refractivity contribution is -0.184. The molecule has 9 nitrogen and oxygen atoms in total. The normalized spacial score (nSPS) is 29.7. The van der Waals surface area contributed by atoms with Gasteiger partial charge in [-0.25, -0.2) is 4.79 Å². The lowest BCUT2D eigenvalue weighted by atomic mass is 10.00. The van der Waals surface area contributed by atoms with Gasteiger partial charge in [-0.05, 0) is 32.0 Å². The molecule has 0 saturated carbocycles. The standard InChI is InChI=1S/C19H30N2O7Si/c1-18(2,3)29(6,7)25-10-11-14-15(28-19(4,5)27-14)13(23)16(26-11)21-9-8-12(22)20-17(21)24/h8-9,11,14-16H,10H2,1-7H3,(H,20,22,24)/t11-,14+,15-,16-/m1/s1. The first-order valence-corrected chi connectivity index (χ1v) is 12.6. The number of hydrogen-bond donors (Lipinski definition) is 1. The molecule has 10 heteroatoms. The lowest BCUT2D eigenvalue weighted by Crippen LogP contribution is -2.56. The summed E-state index contributed by atoms with van der Waals surface area (Å²) < 4.78 is 25.1. The first-order valence-electron chi connectivity index (χ1n) is 9.72. The fourth-order valence-corrected chi connectivity index (χ4v) is 4.20. The Balaban J connectivity index is 1.91. The quantitative estimate of drug-likeness (QED) is 0.728. The number of aromatic nitrogens is 2. The Morgan fingerprint density at radius 2 is 1.86 bits per heavy atom. The molecule has 2 aliphatic heterocycles. The van der Waals surface area contributed by atoms with Gasteiger partial charge in [0, 0.05) is 12.3 Å². The number of H-pyrrole nitrogens is 1. The SMILES string of the molecule is CC1(C)O[C@@H]2[C@H](O1)C(=O)[C@H](n1ccc(=O)[nH]c1=O)O[C@@H]2CO[Si](C)(C)C(C)(C)C. The molecule has 29 heavy (non-hydrogen) atoms. The molecule has 4 atom stereocenters. The number of carbonyl (C=O) groups is 1. The molecule has 0 radical (unpaired) electrons. The summed E-state index contributed by atoms with van der Waals surface area (Å²) in [5.41, 5.74) is -1.27. The van der Waals surface area contributed by atoms with Gasteiger partial charge in [0.25, 0.3) is 5.56 Å². The van der Waals surface area contributed by atoms with Crippen LogP contribution < -0.4 is 11.2 Å². The van der Waals surface area contributed by atoms with E-state index in [1.165, 1.54) is 12.3 Å². The molecule has 3 rings (SSSR count). The fraction of sp³-hybridized carbons (Fsp3) is 0.737. The second kappa shape index (κ2) is 7.27. The minimum absolute atomic E-state index is 0.00154. The van der Waals surface area contributed by atoms with Crippen molar-refractivity contribution in [3.05, 3.63) is 33.1 Å². The summed E-state index contributed by atoms with van der Waals surface area (Å²) in [6, 6.07) is 1.17. The third kappa shape index (κ3) is 4.31. The van der Waals surface area contributed by atoms with E-state index in [-0.39, 0.29) is 11.6 Å². The molecule has 1 aromatic rings. The molecular weight excluding hydrogens is 396 g/mol. The summed E-state index contributed by atoms with van der Waals surface area (Å²) in [6.07, 6.45) is -2.13. The van der Waals surface area contributed by atoms with Crippen LogP contribution in [-0.2, 0) is 23.4 Å². The molecule has 2 aliphatic rings. The van der Waals surface area contributed by atoms with Gasteiger partial charge in [-0.3, -0.25) is 19.1 Å². The average molecular weight is 427 g/mol. The van der Waals surface area contributed by atoms with E-state index in [0.717, 1.165) is 4.57 Å². The Hall–Kier alpha value is -1.59. The van der Waals surface area contributed by atoms with Crippen LogP contribution in [0.4, 0.5) is 0 Å². The maximum absolute atomic E-state index is 13.0. The van der Waals surface area contributed by atoms with E-state index in [1.54, 1.807) is 13.8 Å². The first-order chi connectivity index (χ1) is 13.2. The van der Waals surface area contributed by atoms with Crippen LogP contribution in [0.3, 0.4) is 0 Å². The van der Waals surface area contributed by atoms with Gasteiger partial charge in [0.05, 0.1) is 6.61 Å². The average Bonchev–Trinajstić information content (AvgIpc) is 2.90. The van der Waals surface area contributed by atoms with Gasteiger partial charge in [0.2, 0.25) is 12.0 Å². The molecule has 0 bridgehead atoms. The Labute approximate surface area is 170 Å². The molecule has 0 aliphatic carbocycles. The van der Waals surface area contributed by atoms with Gasteiger partial charge in [-0.15, -0.1) is 0 Å². The predicted octanol–water partition coefficient (Wildman–Crippen LogP) is 1.54. The van der Waals surface area contributed by atoms with Crippen molar-refractivity contribution in [3.8, 4) is 0 Å². The van der Waals surface area contributed by atoms with E-state index in [0.29, 0.717) is 0 Å². The molecule has 0 amide bonds. The van der Waals surface area contributed by atoms with Crippen molar-refractivity contribution >= 4 is 14.1 Å². The van der Waals surface area contributed by atoms with Gasteiger partial charge in [0.1, 0.15) is 12.2 Å². The second-order valence-corrected chi connectivity index (χ2v) is 14.3. The summed E-state index contributed by atoms with van der Waals surface area (Å²) in [7, 11) is -2.08. The summed E-state index contributed by atoms with van der Waals surface area (Å²) in [5.74, 6) is -1.40. The maximum Gasteiger partial charge on any atom is 0.330 e. The van der Waals surface area contributed by atoms with Gasteiger partial charge in [0.15, 0.2) is 20.2 Å². The smallest absolute Gasteiger partial charge is 0.330 e. The minimum Gasteiger partial charge on any atom is -0.414 e. The van der Waals surface area contributed by atoms with Crippen LogP contribution in [-0.4, -0.2) is 54.4 Å². The van der Waals surface area contributed by atoms with Gasteiger partial charge >= 0.3 is 5.69 Å². The Morgan fingerprint density at radius 1 is 1.21 bits per heavy atom. The highest BCUT2D eigenvalue weighted by Crippen LogP contribution is 2.40. The monoisotopic (exact) mass is 426 g/mol. The molecular formula is C19H30N2O7Si. The van der Waals surface area contributed by atoms with Gasteiger partial charge in [-0.1, -0.05) is 20.8 Å². The highest BCUT2D eigenvalue weighted by atomic mass is 28.4. The van der Waals surface area contributed by atoms with Crippen molar-refractivity contribution in [2.45, 2.75) is 83.1 Å². The summed E-state index contributed by atoms with van der Waals surface area (Å²) >= 11 is 0. The van der Waals surface area contributed by atoms with Gasteiger partial charge < -0.3 is 18.6 Å². The molecule has 0 aromatic carbocycles. The Kier molecular flexibility index (Phi) is 5.54. The zero-order chi connectivity index (χ0) is 21.8. The third-order valence-corrected chi connectivity index (χ3v) is 10.3. The Morgan fingerprint density at radius 3 is 2.45 bits per heavy atom. The zero-order valence-corrected chi connectivity index (χ0v) is 19.0. The number of fused-ring (bicyclic) bond motifs is 1. The van der Waals surface area contributed by atoms with E-state index in [1.807, 2.05) is 0 Å². The van der Waals surface area contributed by atoms with Crippen molar-refractivity contribution < 1.29 is 23.4 Å². The number of ketones is 1. The second-order valence-electron chi connectivity index (χ2n) is 9.54. The number of Topliss-reactive ketones (excluding diaryl/α,β-unsaturated/α-hetero) is 1. The lowest BCUT2D eigenvalue weighted by Gasteiger charge is -2.40. The Bertz CT molecular complexity index is 899. The van der Waals surface area contributed by atoms with Crippen LogP contribution in [0.5, 0.6) is 0 Å². The predicted molar refractivity (Wildman–Crippen MR) is 107 cm³/mol. The highest BCUT2D eigenvalue weighted by Gasteiger charge is 2.56. The third-order valence-electron chi connectivity index (χ3n) is 5.84. The maximum atomic E-state index is 13.0. The molecule has 0 spiro atoms. The van der Waals surface area contributed by atoms with Crippen LogP contribution >= 0.6 is 0 Å². The van der Waals surface area contributed by atoms with Crippen LogP contribution in [0.15, 0.2) is 21.9 Å². The van der Waals surface area contributed by atoms with Crippen molar-refractivity contribution in [1.29, 1.82) is 0 Å². The largest absolute Gasteiger partial charge is 0.414 e. The molecule has 2 saturated heterocycles. The van der Waals surface area contributed by atoms with Crippen molar-refractivity contribution in [2.75, 3.05) is 6.61 Å². The molecule has 162 valence electrons. The number of rotatable bonds is 4. The van der Waals surface area contributed by atoms with E-state index in [4.69, 9.17) is 18.6 Å². The summed E-state index contributed by atoms with van der Waals surface area (Å²) in [6.45, 7) is 14.3. The van der Waals surface area contributed by atoms with Crippen molar-refractivity contribution in [3.63, 3.8) is 0 Å². The highest BCUT2D eigenvalue weighted by molar-refractivity contribution is 6.74. The van der Waals surface area contributed by atoms with Gasteiger partial charge in [-0.2, -0.15) is 0 Å². The van der Waals surface area contributed by atoms with Crippen molar-refractivity contribution in [1.82, 2.24) is 9.55 Å². The van der Waals surface area contributed by atoms with E-state index >= 15 is 0 Å².